The number of fused-ring (bicyclic) bond motifs is 1. The summed E-state index contributed by atoms with van der Waals surface area (Å²) in [4.78, 5) is 23.1. The van der Waals surface area contributed by atoms with Crippen LogP contribution in [0.5, 0.6) is 0 Å². The number of hydrogen-bond donors (Lipinski definition) is 2. The fourth-order valence-electron chi connectivity index (χ4n) is 3.04. The van der Waals surface area contributed by atoms with Gasteiger partial charge < -0.3 is 20.3 Å². The van der Waals surface area contributed by atoms with E-state index < -0.39 is 0 Å². The lowest BCUT2D eigenvalue weighted by Crippen LogP contribution is -2.37. The normalized spacial score (nSPS) is 14.1. The third kappa shape index (κ3) is 4.32. The molecule has 1 aliphatic rings. The van der Waals surface area contributed by atoms with Crippen LogP contribution in [0.2, 0.25) is 0 Å². The van der Waals surface area contributed by atoms with E-state index in [1.165, 1.54) is 0 Å². The molecule has 138 valence electrons. The average molecular weight is 363 g/mol. The molecule has 2 heterocycles. The van der Waals surface area contributed by atoms with E-state index >= 15 is 0 Å². The third-order valence-electron chi connectivity index (χ3n) is 4.44. The number of ether oxygens (including phenoxy) is 1. The minimum Gasteiger partial charge on any atom is -0.378 e. The van der Waals surface area contributed by atoms with Crippen molar-refractivity contribution in [3.63, 3.8) is 0 Å². The molecule has 1 aromatic heterocycles. The van der Waals surface area contributed by atoms with E-state index in [-0.39, 0.29) is 12.6 Å². The van der Waals surface area contributed by atoms with Crippen molar-refractivity contribution in [1.29, 1.82) is 0 Å². The lowest BCUT2D eigenvalue weighted by molar-refractivity contribution is 0.122. The number of anilines is 2. The smallest absolute Gasteiger partial charge is 0.319 e. The second-order valence-corrected chi connectivity index (χ2v) is 6.30. The van der Waals surface area contributed by atoms with Crippen LogP contribution in [-0.2, 0) is 11.3 Å². The predicted molar refractivity (Wildman–Crippen MR) is 105 cm³/mol. The topological polar surface area (TPSA) is 79.4 Å². The number of morpholine rings is 1. The van der Waals surface area contributed by atoms with Crippen LogP contribution in [0.15, 0.2) is 54.7 Å². The second kappa shape index (κ2) is 8.01. The predicted octanol–water partition coefficient (Wildman–Crippen LogP) is 2.79. The molecule has 0 saturated carbocycles. The van der Waals surface area contributed by atoms with E-state index in [0.717, 1.165) is 35.4 Å². The zero-order valence-electron chi connectivity index (χ0n) is 14.9. The SMILES string of the molecule is O=C(NCc1nccc(N2CCOCC2)n1)Nc1ccc2ccccc2c1. The standard InChI is InChI=1S/C20H21N5O2/c26-20(23-17-6-5-15-3-1-2-4-16(15)13-17)22-14-18-21-8-7-19(24-18)25-9-11-27-12-10-25/h1-8,13H,9-12,14H2,(H2,22,23,26). The van der Waals surface area contributed by atoms with E-state index in [2.05, 4.69) is 25.5 Å². The van der Waals surface area contributed by atoms with Gasteiger partial charge in [-0.2, -0.15) is 0 Å². The van der Waals surface area contributed by atoms with Crippen LogP contribution in [0.1, 0.15) is 5.82 Å². The van der Waals surface area contributed by atoms with Crippen molar-refractivity contribution in [1.82, 2.24) is 15.3 Å². The maximum atomic E-state index is 12.2. The summed E-state index contributed by atoms with van der Waals surface area (Å²) in [5.74, 6) is 1.44. The molecular formula is C20H21N5O2. The molecule has 4 rings (SSSR count). The maximum absolute atomic E-state index is 12.2. The zero-order valence-corrected chi connectivity index (χ0v) is 14.9. The number of rotatable bonds is 4. The molecule has 0 bridgehead atoms. The molecule has 1 aliphatic heterocycles. The summed E-state index contributed by atoms with van der Waals surface area (Å²) in [6.07, 6.45) is 1.72. The van der Waals surface area contributed by atoms with E-state index in [9.17, 15) is 4.79 Å². The summed E-state index contributed by atoms with van der Waals surface area (Å²) < 4.78 is 5.36. The second-order valence-electron chi connectivity index (χ2n) is 6.30. The number of hydrogen-bond acceptors (Lipinski definition) is 5. The lowest BCUT2D eigenvalue weighted by atomic mass is 10.1. The monoisotopic (exact) mass is 363 g/mol. The Morgan fingerprint density at radius 3 is 2.74 bits per heavy atom. The molecule has 0 atom stereocenters. The molecule has 3 aromatic rings. The molecule has 7 heteroatoms. The van der Waals surface area contributed by atoms with Gasteiger partial charge in [0.25, 0.3) is 0 Å². The first-order valence-corrected chi connectivity index (χ1v) is 8.96. The van der Waals surface area contributed by atoms with Gasteiger partial charge in [0.2, 0.25) is 0 Å². The summed E-state index contributed by atoms with van der Waals surface area (Å²) in [7, 11) is 0. The van der Waals surface area contributed by atoms with Crippen molar-refractivity contribution in [2.45, 2.75) is 6.54 Å². The minimum atomic E-state index is -0.286. The van der Waals surface area contributed by atoms with Gasteiger partial charge in [-0.25, -0.2) is 14.8 Å². The molecule has 0 aliphatic carbocycles. The Hall–Kier alpha value is -3.19. The van der Waals surface area contributed by atoms with Crippen LogP contribution >= 0.6 is 0 Å². The van der Waals surface area contributed by atoms with E-state index in [0.29, 0.717) is 19.0 Å². The highest BCUT2D eigenvalue weighted by atomic mass is 16.5. The molecule has 7 nitrogen and oxygen atoms in total. The van der Waals surface area contributed by atoms with Crippen molar-refractivity contribution < 1.29 is 9.53 Å². The highest BCUT2D eigenvalue weighted by Crippen LogP contribution is 2.18. The zero-order chi connectivity index (χ0) is 18.5. The minimum absolute atomic E-state index is 0.262. The van der Waals surface area contributed by atoms with Gasteiger partial charge in [0, 0.05) is 25.0 Å². The first-order chi connectivity index (χ1) is 13.3. The third-order valence-corrected chi connectivity index (χ3v) is 4.44. The Labute approximate surface area is 157 Å². The fourth-order valence-corrected chi connectivity index (χ4v) is 3.04. The molecule has 0 radical (unpaired) electrons. The molecule has 1 saturated heterocycles. The Morgan fingerprint density at radius 2 is 1.89 bits per heavy atom. The number of nitrogens with one attached hydrogen (secondary N) is 2. The molecular weight excluding hydrogens is 342 g/mol. The highest BCUT2D eigenvalue weighted by Gasteiger charge is 2.13. The van der Waals surface area contributed by atoms with Crippen LogP contribution in [0.4, 0.5) is 16.3 Å². The highest BCUT2D eigenvalue weighted by molar-refractivity contribution is 5.93. The van der Waals surface area contributed by atoms with Crippen LogP contribution in [-0.4, -0.2) is 42.3 Å². The Balaban J connectivity index is 1.35. The fraction of sp³-hybridized carbons (Fsp3) is 0.250. The van der Waals surface area contributed by atoms with Crippen LogP contribution in [0.3, 0.4) is 0 Å². The van der Waals surface area contributed by atoms with Crippen molar-refractivity contribution in [3.05, 3.63) is 60.6 Å². The number of urea groups is 1. The van der Waals surface area contributed by atoms with Gasteiger partial charge in [0.1, 0.15) is 11.6 Å². The quantitative estimate of drug-likeness (QED) is 0.745. The average Bonchev–Trinajstić information content (AvgIpc) is 2.73. The maximum Gasteiger partial charge on any atom is 0.319 e. The van der Waals surface area contributed by atoms with Gasteiger partial charge in [0.15, 0.2) is 0 Å². The summed E-state index contributed by atoms with van der Waals surface area (Å²) in [6, 6.07) is 15.4. The van der Waals surface area contributed by atoms with Gasteiger partial charge >= 0.3 is 6.03 Å². The lowest BCUT2D eigenvalue weighted by Gasteiger charge is -2.27. The molecule has 1 fully saturated rings. The van der Waals surface area contributed by atoms with E-state index in [1.54, 1.807) is 6.20 Å². The van der Waals surface area contributed by atoms with Crippen molar-refractivity contribution in [3.8, 4) is 0 Å². The van der Waals surface area contributed by atoms with Crippen molar-refractivity contribution in [2.24, 2.45) is 0 Å². The van der Waals surface area contributed by atoms with Crippen molar-refractivity contribution >= 4 is 28.3 Å². The van der Waals surface area contributed by atoms with Gasteiger partial charge in [-0.15, -0.1) is 0 Å². The van der Waals surface area contributed by atoms with Gasteiger partial charge in [0.05, 0.1) is 19.8 Å². The van der Waals surface area contributed by atoms with Crippen LogP contribution in [0, 0.1) is 0 Å². The summed E-state index contributed by atoms with van der Waals surface area (Å²) in [5, 5.41) is 7.87. The Morgan fingerprint density at radius 1 is 1.07 bits per heavy atom. The first kappa shape index (κ1) is 17.2. The summed E-state index contributed by atoms with van der Waals surface area (Å²) in [5.41, 5.74) is 0.745. The molecule has 2 aromatic carbocycles. The van der Waals surface area contributed by atoms with Gasteiger partial charge in [-0.05, 0) is 29.0 Å². The van der Waals surface area contributed by atoms with Crippen LogP contribution in [0.25, 0.3) is 10.8 Å². The number of carbonyl (C=O) groups is 1. The molecule has 2 amide bonds. The van der Waals surface area contributed by atoms with Gasteiger partial charge in [-0.1, -0.05) is 30.3 Å². The number of nitrogens with zero attached hydrogens (tertiary/aromatic N) is 3. The summed E-state index contributed by atoms with van der Waals surface area (Å²) >= 11 is 0. The molecule has 2 N–H and O–H groups in total. The van der Waals surface area contributed by atoms with E-state index in [1.807, 2.05) is 48.5 Å². The molecule has 0 spiro atoms. The summed E-state index contributed by atoms with van der Waals surface area (Å²) in [6.45, 7) is 3.29. The number of aromatic nitrogens is 2. The van der Waals surface area contributed by atoms with E-state index in [4.69, 9.17) is 4.74 Å². The van der Waals surface area contributed by atoms with Gasteiger partial charge in [-0.3, -0.25) is 0 Å². The van der Waals surface area contributed by atoms with Crippen LogP contribution < -0.4 is 15.5 Å². The molecule has 0 unspecified atom stereocenters. The largest absolute Gasteiger partial charge is 0.378 e. The number of amides is 2. The van der Waals surface area contributed by atoms with Crippen molar-refractivity contribution in [2.75, 3.05) is 36.5 Å². The number of benzene rings is 2. The Kier molecular flexibility index (Phi) is 5.11. The number of carbonyl (C=O) groups excluding carboxylic acids is 1. The Bertz CT molecular complexity index is 940. The first-order valence-electron chi connectivity index (χ1n) is 8.96. The molecule has 27 heavy (non-hydrogen) atoms.